The minimum Gasteiger partial charge on any atom is -0.326 e. The molecule has 0 spiro atoms. The summed E-state index contributed by atoms with van der Waals surface area (Å²) in [4.78, 5) is 12.4. The number of hydrogen-bond acceptors (Lipinski definition) is 5. The van der Waals surface area contributed by atoms with Gasteiger partial charge in [-0.05, 0) is 63.1 Å². The van der Waals surface area contributed by atoms with Crippen LogP contribution in [-0.2, 0) is 24.8 Å². The number of sulfonamides is 2. The lowest BCUT2D eigenvalue weighted by molar-refractivity contribution is -0.120. The molecule has 0 aromatic heterocycles. The summed E-state index contributed by atoms with van der Waals surface area (Å²) in [5.74, 6) is -1.48. The van der Waals surface area contributed by atoms with Crippen molar-refractivity contribution in [2.75, 3.05) is 25.5 Å². The molecule has 180 valence electrons. The van der Waals surface area contributed by atoms with Crippen molar-refractivity contribution in [3.05, 3.63) is 54.3 Å². The molecule has 0 atom stereocenters. The van der Waals surface area contributed by atoms with E-state index in [1.807, 2.05) is 0 Å². The summed E-state index contributed by atoms with van der Waals surface area (Å²) in [5.41, 5.74) is 0.451. The molecule has 0 radical (unpaired) electrons. The van der Waals surface area contributed by atoms with Crippen molar-refractivity contribution in [2.45, 2.75) is 42.5 Å². The van der Waals surface area contributed by atoms with Crippen LogP contribution in [0.15, 0.2) is 58.3 Å². The van der Waals surface area contributed by atoms with E-state index in [9.17, 15) is 26.0 Å². The molecule has 2 aromatic rings. The quantitative estimate of drug-likeness (QED) is 0.634. The molecule has 0 unspecified atom stereocenters. The average molecular weight is 498 g/mol. The van der Waals surface area contributed by atoms with Crippen molar-refractivity contribution in [1.29, 1.82) is 0 Å². The largest absolute Gasteiger partial charge is 0.326 e. The molecule has 1 N–H and O–H groups in total. The van der Waals surface area contributed by atoms with Gasteiger partial charge < -0.3 is 5.32 Å². The lowest BCUT2D eigenvalue weighted by Gasteiger charge is -2.30. The first-order valence-corrected chi connectivity index (χ1v) is 13.5. The van der Waals surface area contributed by atoms with E-state index in [4.69, 9.17) is 0 Å². The van der Waals surface area contributed by atoms with Crippen LogP contribution < -0.4 is 5.32 Å². The molecule has 0 bridgehead atoms. The summed E-state index contributed by atoms with van der Waals surface area (Å²) in [5, 5.41) is 2.76. The van der Waals surface area contributed by atoms with Crippen LogP contribution in [0.2, 0.25) is 0 Å². The van der Waals surface area contributed by atoms with Crippen molar-refractivity contribution >= 4 is 31.6 Å². The second-order valence-electron chi connectivity index (χ2n) is 8.24. The van der Waals surface area contributed by atoms with Crippen molar-refractivity contribution in [2.24, 2.45) is 5.92 Å². The number of hydrogen-bond donors (Lipinski definition) is 1. The van der Waals surface area contributed by atoms with Crippen LogP contribution in [0.5, 0.6) is 0 Å². The summed E-state index contributed by atoms with van der Waals surface area (Å²) >= 11 is 0. The van der Waals surface area contributed by atoms with Gasteiger partial charge in [0.1, 0.15) is 10.7 Å². The zero-order chi connectivity index (χ0) is 24.4. The molecule has 11 heteroatoms. The third-order valence-electron chi connectivity index (χ3n) is 5.81. The molecule has 1 fully saturated rings. The van der Waals surface area contributed by atoms with E-state index >= 15 is 0 Å². The Bertz CT molecular complexity index is 1210. The predicted octanol–water partition coefficient (Wildman–Crippen LogP) is 2.89. The molecular weight excluding hydrogens is 469 g/mol. The molecule has 1 amide bonds. The summed E-state index contributed by atoms with van der Waals surface area (Å²) in [6.45, 7) is 3.76. The third kappa shape index (κ3) is 5.43. The number of rotatable bonds is 7. The van der Waals surface area contributed by atoms with Gasteiger partial charge in [-0.1, -0.05) is 12.1 Å². The fraction of sp³-hybridized carbons (Fsp3) is 0.409. The Kier molecular flexibility index (Phi) is 7.57. The Labute approximate surface area is 194 Å². The van der Waals surface area contributed by atoms with Gasteiger partial charge in [0.25, 0.3) is 0 Å². The fourth-order valence-electron chi connectivity index (χ4n) is 3.55. The molecule has 1 saturated heterocycles. The van der Waals surface area contributed by atoms with Crippen LogP contribution >= 0.6 is 0 Å². The van der Waals surface area contributed by atoms with Crippen LogP contribution in [0.25, 0.3) is 0 Å². The third-order valence-corrected chi connectivity index (χ3v) is 9.78. The highest BCUT2D eigenvalue weighted by molar-refractivity contribution is 7.89. The number of nitrogens with one attached hydrogen (secondary N) is 1. The van der Waals surface area contributed by atoms with Gasteiger partial charge in [-0.3, -0.25) is 4.79 Å². The summed E-state index contributed by atoms with van der Waals surface area (Å²) < 4.78 is 66.9. The fourth-order valence-corrected chi connectivity index (χ4v) is 6.45. The smallest absolute Gasteiger partial charge is 0.245 e. The Morgan fingerprint density at radius 3 is 2.15 bits per heavy atom. The molecule has 2 aromatic carbocycles. The van der Waals surface area contributed by atoms with Crippen molar-refractivity contribution in [1.82, 2.24) is 8.61 Å². The first-order valence-electron chi connectivity index (χ1n) is 10.6. The van der Waals surface area contributed by atoms with Gasteiger partial charge in [0.2, 0.25) is 26.0 Å². The molecule has 3 rings (SSSR count). The maximum atomic E-state index is 14.0. The Balaban J connectivity index is 1.61. The zero-order valence-electron chi connectivity index (χ0n) is 18.7. The van der Waals surface area contributed by atoms with Gasteiger partial charge in [-0.2, -0.15) is 8.61 Å². The van der Waals surface area contributed by atoms with E-state index in [0.29, 0.717) is 18.5 Å². The van der Waals surface area contributed by atoms with E-state index in [2.05, 4.69) is 5.32 Å². The van der Waals surface area contributed by atoms with Gasteiger partial charge in [-0.15, -0.1) is 0 Å². The maximum Gasteiger partial charge on any atom is 0.245 e. The number of benzene rings is 2. The zero-order valence-corrected chi connectivity index (χ0v) is 20.4. The van der Waals surface area contributed by atoms with E-state index in [1.54, 1.807) is 13.8 Å². The van der Waals surface area contributed by atoms with E-state index in [-0.39, 0.29) is 34.8 Å². The second-order valence-corrected chi connectivity index (χ2v) is 12.1. The Morgan fingerprint density at radius 1 is 1.03 bits per heavy atom. The molecular formula is C22H28FN3O5S2. The van der Waals surface area contributed by atoms with Crippen molar-refractivity contribution in [3.8, 4) is 0 Å². The summed E-state index contributed by atoms with van der Waals surface area (Å²) in [6, 6.07) is 11.0. The summed E-state index contributed by atoms with van der Waals surface area (Å²) in [7, 11) is -6.08. The number of nitrogens with zero attached hydrogens (tertiary/aromatic N) is 2. The van der Waals surface area contributed by atoms with Gasteiger partial charge in [0.05, 0.1) is 4.90 Å². The minimum atomic E-state index is -3.97. The average Bonchev–Trinajstić information content (AvgIpc) is 2.79. The van der Waals surface area contributed by atoms with E-state index < -0.39 is 31.8 Å². The molecule has 33 heavy (non-hydrogen) atoms. The predicted molar refractivity (Wildman–Crippen MR) is 123 cm³/mol. The number of carbonyl (C=O) groups excluding carboxylic acids is 1. The first-order chi connectivity index (χ1) is 15.4. The SMILES string of the molecule is CC(C)N(C)S(=O)(=O)c1ccc(NC(=O)C2CCN(S(=O)(=O)c3ccccc3F)CC2)cc1. The number of carbonyl (C=O) groups is 1. The van der Waals surface area contributed by atoms with Crippen LogP contribution in [-0.4, -0.2) is 57.5 Å². The van der Waals surface area contributed by atoms with Crippen LogP contribution in [0.1, 0.15) is 26.7 Å². The maximum absolute atomic E-state index is 14.0. The van der Waals surface area contributed by atoms with Crippen LogP contribution in [0.3, 0.4) is 0 Å². The van der Waals surface area contributed by atoms with E-state index in [1.165, 1.54) is 58.1 Å². The minimum absolute atomic E-state index is 0.105. The standard InChI is InChI=1S/C22H28FN3O5S2/c1-16(2)25(3)32(28,29)19-10-8-18(9-11-19)24-22(27)17-12-14-26(15-13-17)33(30,31)21-7-5-4-6-20(21)23/h4-11,16-17H,12-15H2,1-3H3,(H,24,27). The number of amides is 1. The highest BCUT2D eigenvalue weighted by Gasteiger charge is 2.33. The molecule has 1 aliphatic heterocycles. The molecule has 1 aliphatic rings. The second kappa shape index (κ2) is 9.88. The highest BCUT2D eigenvalue weighted by Crippen LogP contribution is 2.26. The monoisotopic (exact) mass is 497 g/mol. The molecule has 8 nitrogen and oxygen atoms in total. The number of piperidine rings is 1. The van der Waals surface area contributed by atoms with Gasteiger partial charge in [0.15, 0.2) is 0 Å². The molecule has 0 saturated carbocycles. The van der Waals surface area contributed by atoms with E-state index in [0.717, 1.165) is 6.07 Å². The normalized spacial score (nSPS) is 16.3. The van der Waals surface area contributed by atoms with Gasteiger partial charge >= 0.3 is 0 Å². The van der Waals surface area contributed by atoms with Crippen molar-refractivity contribution < 1.29 is 26.0 Å². The van der Waals surface area contributed by atoms with Gasteiger partial charge in [0, 0.05) is 37.8 Å². The van der Waals surface area contributed by atoms with Crippen molar-refractivity contribution in [3.63, 3.8) is 0 Å². The lowest BCUT2D eigenvalue weighted by atomic mass is 9.97. The Hall–Kier alpha value is -2.34. The number of halogens is 1. The molecule has 0 aliphatic carbocycles. The number of anilines is 1. The lowest BCUT2D eigenvalue weighted by Crippen LogP contribution is -2.41. The topological polar surface area (TPSA) is 104 Å². The van der Waals surface area contributed by atoms with Crippen LogP contribution in [0, 0.1) is 11.7 Å². The highest BCUT2D eigenvalue weighted by atomic mass is 32.2. The molecule has 1 heterocycles. The summed E-state index contributed by atoms with van der Waals surface area (Å²) in [6.07, 6.45) is 0.594. The van der Waals surface area contributed by atoms with Crippen LogP contribution in [0.4, 0.5) is 10.1 Å². The van der Waals surface area contributed by atoms with Gasteiger partial charge in [-0.25, -0.2) is 21.2 Å². The Morgan fingerprint density at radius 2 is 1.61 bits per heavy atom. The first kappa shape index (κ1) is 25.3.